The summed E-state index contributed by atoms with van der Waals surface area (Å²) in [5.74, 6) is 0.0388. The molecule has 0 aliphatic carbocycles. The molecule has 6 heteroatoms. The smallest absolute Gasteiger partial charge is 0.253 e. The van der Waals surface area contributed by atoms with Crippen LogP contribution in [0.15, 0.2) is 48.8 Å². The summed E-state index contributed by atoms with van der Waals surface area (Å²) in [5.41, 5.74) is 4.03. The number of aromatic nitrogens is 2. The summed E-state index contributed by atoms with van der Waals surface area (Å²) in [4.78, 5) is 24.2. The lowest BCUT2D eigenvalue weighted by Crippen LogP contribution is -2.35. The SMILES string of the molecule is N#Cc1ccccc1N1CCCN(C(=O)c2ccc3nc[nH]c3c2)CC1. The highest BCUT2D eigenvalue weighted by atomic mass is 16.2. The lowest BCUT2D eigenvalue weighted by atomic mass is 10.1. The van der Waals surface area contributed by atoms with E-state index in [9.17, 15) is 10.1 Å². The van der Waals surface area contributed by atoms with Crippen LogP contribution in [0.4, 0.5) is 5.69 Å². The first-order valence-electron chi connectivity index (χ1n) is 8.73. The zero-order valence-corrected chi connectivity index (χ0v) is 14.4. The molecule has 1 amide bonds. The number of carbonyl (C=O) groups excluding carboxylic acids is 1. The molecule has 1 fully saturated rings. The molecule has 3 aromatic rings. The summed E-state index contributed by atoms with van der Waals surface area (Å²) in [6, 6.07) is 15.5. The molecule has 0 saturated carbocycles. The zero-order valence-electron chi connectivity index (χ0n) is 14.4. The fourth-order valence-electron chi connectivity index (χ4n) is 3.46. The van der Waals surface area contributed by atoms with Gasteiger partial charge in [-0.3, -0.25) is 4.79 Å². The highest BCUT2D eigenvalue weighted by molar-refractivity contribution is 5.97. The summed E-state index contributed by atoms with van der Waals surface area (Å²) in [5, 5.41) is 9.33. The largest absolute Gasteiger partial charge is 0.369 e. The second-order valence-corrected chi connectivity index (χ2v) is 6.40. The molecule has 0 unspecified atom stereocenters. The van der Waals surface area contributed by atoms with Gasteiger partial charge in [-0.1, -0.05) is 12.1 Å². The van der Waals surface area contributed by atoms with Crippen molar-refractivity contribution >= 4 is 22.6 Å². The van der Waals surface area contributed by atoms with E-state index >= 15 is 0 Å². The lowest BCUT2D eigenvalue weighted by Gasteiger charge is -2.24. The zero-order chi connectivity index (χ0) is 17.9. The van der Waals surface area contributed by atoms with E-state index in [-0.39, 0.29) is 5.91 Å². The van der Waals surface area contributed by atoms with Gasteiger partial charge in [0.15, 0.2) is 0 Å². The molecule has 2 aromatic carbocycles. The number of fused-ring (bicyclic) bond motifs is 1. The van der Waals surface area contributed by atoms with Crippen LogP contribution < -0.4 is 4.90 Å². The topological polar surface area (TPSA) is 76.0 Å². The van der Waals surface area contributed by atoms with E-state index in [4.69, 9.17) is 0 Å². The van der Waals surface area contributed by atoms with Crippen LogP contribution in [0.5, 0.6) is 0 Å². The Morgan fingerprint density at radius 1 is 1.12 bits per heavy atom. The minimum Gasteiger partial charge on any atom is -0.369 e. The maximum absolute atomic E-state index is 12.9. The molecule has 130 valence electrons. The molecule has 0 bridgehead atoms. The maximum Gasteiger partial charge on any atom is 0.253 e. The number of para-hydroxylation sites is 1. The van der Waals surface area contributed by atoms with Crippen LogP contribution in [-0.2, 0) is 0 Å². The number of hydrogen-bond acceptors (Lipinski definition) is 4. The molecule has 4 rings (SSSR count). The van der Waals surface area contributed by atoms with E-state index in [0.717, 1.165) is 36.2 Å². The fraction of sp³-hybridized carbons (Fsp3) is 0.250. The number of imidazole rings is 1. The predicted octanol–water partition coefficient (Wildman–Crippen LogP) is 2.79. The van der Waals surface area contributed by atoms with E-state index in [1.54, 1.807) is 6.33 Å². The molecule has 1 saturated heterocycles. The normalized spacial score (nSPS) is 14.9. The summed E-state index contributed by atoms with van der Waals surface area (Å²) >= 11 is 0. The predicted molar refractivity (Wildman–Crippen MR) is 100.0 cm³/mol. The minimum atomic E-state index is 0.0388. The van der Waals surface area contributed by atoms with Crippen molar-refractivity contribution < 1.29 is 4.79 Å². The van der Waals surface area contributed by atoms with E-state index in [1.165, 1.54) is 0 Å². The number of hydrogen-bond donors (Lipinski definition) is 1. The van der Waals surface area contributed by atoms with Gasteiger partial charge in [0.2, 0.25) is 0 Å². The number of benzene rings is 2. The summed E-state index contributed by atoms with van der Waals surface area (Å²) in [7, 11) is 0. The van der Waals surface area contributed by atoms with Crippen LogP contribution in [0.1, 0.15) is 22.3 Å². The number of anilines is 1. The van der Waals surface area contributed by atoms with Crippen LogP contribution in [0, 0.1) is 11.3 Å². The molecule has 6 nitrogen and oxygen atoms in total. The molecule has 0 spiro atoms. The highest BCUT2D eigenvalue weighted by Gasteiger charge is 2.21. The van der Waals surface area contributed by atoms with E-state index in [2.05, 4.69) is 20.9 Å². The van der Waals surface area contributed by atoms with Crippen molar-refractivity contribution in [3.63, 3.8) is 0 Å². The molecule has 2 heterocycles. The average Bonchev–Trinajstić information content (AvgIpc) is 3.02. The summed E-state index contributed by atoms with van der Waals surface area (Å²) in [6.45, 7) is 2.91. The quantitative estimate of drug-likeness (QED) is 0.775. The van der Waals surface area contributed by atoms with Crippen LogP contribution in [-0.4, -0.2) is 47.0 Å². The third-order valence-electron chi connectivity index (χ3n) is 4.82. The number of carbonyl (C=O) groups is 1. The van der Waals surface area contributed by atoms with Gasteiger partial charge in [0.25, 0.3) is 5.91 Å². The van der Waals surface area contributed by atoms with Crippen molar-refractivity contribution in [2.45, 2.75) is 6.42 Å². The Morgan fingerprint density at radius 2 is 2.00 bits per heavy atom. The van der Waals surface area contributed by atoms with Crippen LogP contribution in [0.2, 0.25) is 0 Å². The Hall–Kier alpha value is -3.33. The van der Waals surface area contributed by atoms with Crippen LogP contribution in [0.25, 0.3) is 11.0 Å². The van der Waals surface area contributed by atoms with Crippen molar-refractivity contribution in [1.29, 1.82) is 5.26 Å². The molecular weight excluding hydrogens is 326 g/mol. The fourth-order valence-corrected chi connectivity index (χ4v) is 3.46. The van der Waals surface area contributed by atoms with Gasteiger partial charge in [0.1, 0.15) is 6.07 Å². The van der Waals surface area contributed by atoms with Crippen LogP contribution >= 0.6 is 0 Å². The Kier molecular flexibility index (Phi) is 4.28. The number of nitriles is 1. The summed E-state index contributed by atoms with van der Waals surface area (Å²) in [6.07, 6.45) is 2.51. The number of nitrogens with zero attached hydrogens (tertiary/aromatic N) is 4. The van der Waals surface area contributed by atoms with Gasteiger partial charge in [0.05, 0.1) is 28.6 Å². The lowest BCUT2D eigenvalue weighted by molar-refractivity contribution is 0.0767. The first kappa shape index (κ1) is 16.2. The Balaban J connectivity index is 1.51. The van der Waals surface area contributed by atoms with Crippen molar-refractivity contribution in [1.82, 2.24) is 14.9 Å². The number of rotatable bonds is 2. The molecule has 0 atom stereocenters. The van der Waals surface area contributed by atoms with E-state index in [0.29, 0.717) is 24.2 Å². The standard InChI is InChI=1S/C20H19N5O/c21-13-16-4-1-2-5-19(16)24-8-3-9-25(11-10-24)20(26)15-6-7-17-18(12-15)23-14-22-17/h1-2,4-7,12,14H,3,8-11H2,(H,22,23). The third kappa shape index (κ3) is 3.00. The number of H-pyrrole nitrogens is 1. The molecule has 1 aliphatic heterocycles. The number of aromatic amines is 1. The van der Waals surface area contributed by atoms with Gasteiger partial charge in [0, 0.05) is 31.7 Å². The first-order chi connectivity index (χ1) is 12.8. The van der Waals surface area contributed by atoms with Gasteiger partial charge >= 0.3 is 0 Å². The van der Waals surface area contributed by atoms with E-state index < -0.39 is 0 Å². The second-order valence-electron chi connectivity index (χ2n) is 6.40. The van der Waals surface area contributed by atoms with Gasteiger partial charge in [-0.15, -0.1) is 0 Å². The van der Waals surface area contributed by atoms with Crippen molar-refractivity contribution in [2.75, 3.05) is 31.1 Å². The maximum atomic E-state index is 12.9. The molecule has 26 heavy (non-hydrogen) atoms. The van der Waals surface area contributed by atoms with Crippen LogP contribution in [0.3, 0.4) is 0 Å². The Bertz CT molecular complexity index is 987. The van der Waals surface area contributed by atoms with E-state index in [1.807, 2.05) is 47.4 Å². The monoisotopic (exact) mass is 345 g/mol. The molecule has 1 aliphatic rings. The van der Waals surface area contributed by atoms with Gasteiger partial charge in [-0.05, 0) is 36.8 Å². The summed E-state index contributed by atoms with van der Waals surface area (Å²) < 4.78 is 0. The third-order valence-corrected chi connectivity index (χ3v) is 4.82. The van der Waals surface area contributed by atoms with Gasteiger partial charge in [-0.2, -0.15) is 5.26 Å². The highest BCUT2D eigenvalue weighted by Crippen LogP contribution is 2.22. The van der Waals surface area contributed by atoms with Crippen molar-refractivity contribution in [3.05, 3.63) is 59.9 Å². The first-order valence-corrected chi connectivity index (χ1v) is 8.73. The molecule has 1 aromatic heterocycles. The van der Waals surface area contributed by atoms with Crippen molar-refractivity contribution in [3.8, 4) is 6.07 Å². The molecule has 0 radical (unpaired) electrons. The Labute approximate surface area is 151 Å². The number of amides is 1. The average molecular weight is 345 g/mol. The Morgan fingerprint density at radius 3 is 2.88 bits per heavy atom. The van der Waals surface area contributed by atoms with Gasteiger partial charge < -0.3 is 14.8 Å². The van der Waals surface area contributed by atoms with Crippen molar-refractivity contribution in [2.24, 2.45) is 0 Å². The number of nitrogens with one attached hydrogen (secondary N) is 1. The van der Waals surface area contributed by atoms with Gasteiger partial charge in [-0.25, -0.2) is 4.98 Å². The molecular formula is C20H19N5O. The second kappa shape index (κ2) is 6.89. The minimum absolute atomic E-state index is 0.0388. The molecule has 1 N–H and O–H groups in total.